The summed E-state index contributed by atoms with van der Waals surface area (Å²) in [5.41, 5.74) is 0.886. The van der Waals surface area contributed by atoms with Gasteiger partial charge in [0, 0.05) is 25.5 Å². The molecule has 21 heavy (non-hydrogen) atoms. The molecule has 114 valence electrons. The van der Waals surface area contributed by atoms with Crippen LogP contribution in [0.2, 0.25) is 0 Å². The Morgan fingerprint density at radius 3 is 2.52 bits per heavy atom. The minimum Gasteiger partial charge on any atom is -0.480 e. The molecule has 0 fully saturated rings. The van der Waals surface area contributed by atoms with Gasteiger partial charge in [-0.15, -0.1) is 0 Å². The second-order valence-electron chi connectivity index (χ2n) is 4.11. The number of carbonyl (C=O) groups is 3. The van der Waals surface area contributed by atoms with E-state index in [1.54, 1.807) is 31.5 Å². The maximum Gasteiger partial charge on any atom is 0.329 e. The summed E-state index contributed by atoms with van der Waals surface area (Å²) in [6, 6.07) is 2.99. The SMILES string of the molecule is CCN(Cc1ccncc1)C(=O)NC(=O)COCC(=O)O. The van der Waals surface area contributed by atoms with Gasteiger partial charge in [0.05, 0.1) is 0 Å². The van der Waals surface area contributed by atoms with E-state index in [9.17, 15) is 14.4 Å². The Morgan fingerprint density at radius 1 is 1.29 bits per heavy atom. The summed E-state index contributed by atoms with van der Waals surface area (Å²) < 4.78 is 4.60. The number of carbonyl (C=O) groups excluding carboxylic acids is 2. The van der Waals surface area contributed by atoms with Gasteiger partial charge in [0.15, 0.2) is 0 Å². The van der Waals surface area contributed by atoms with E-state index < -0.39 is 31.1 Å². The maximum absolute atomic E-state index is 11.9. The molecule has 2 N–H and O–H groups in total. The van der Waals surface area contributed by atoms with E-state index in [1.165, 1.54) is 4.90 Å². The van der Waals surface area contributed by atoms with Crippen LogP contribution in [0.15, 0.2) is 24.5 Å². The van der Waals surface area contributed by atoms with Crippen LogP contribution < -0.4 is 5.32 Å². The molecule has 0 radical (unpaired) electrons. The number of ether oxygens (including phenoxy) is 1. The summed E-state index contributed by atoms with van der Waals surface area (Å²) in [5.74, 6) is -1.86. The standard InChI is InChI=1S/C13H17N3O5/c1-2-16(7-10-3-5-14-6-4-10)13(20)15-11(17)8-21-9-12(18)19/h3-6H,2,7-9H2,1H3,(H,18,19)(H,15,17,20). The Balaban J connectivity index is 2.44. The monoisotopic (exact) mass is 295 g/mol. The predicted molar refractivity (Wildman–Crippen MR) is 72.3 cm³/mol. The van der Waals surface area contributed by atoms with Crippen molar-refractivity contribution in [3.05, 3.63) is 30.1 Å². The van der Waals surface area contributed by atoms with Crippen LogP contribution in [-0.2, 0) is 20.9 Å². The molecular formula is C13H17N3O5. The van der Waals surface area contributed by atoms with Crippen molar-refractivity contribution in [2.75, 3.05) is 19.8 Å². The summed E-state index contributed by atoms with van der Waals surface area (Å²) in [5, 5.41) is 10.5. The molecule has 0 aliphatic carbocycles. The number of aromatic nitrogens is 1. The molecule has 0 atom stereocenters. The van der Waals surface area contributed by atoms with Gasteiger partial charge in [-0.25, -0.2) is 9.59 Å². The van der Waals surface area contributed by atoms with Crippen molar-refractivity contribution < 1.29 is 24.2 Å². The summed E-state index contributed by atoms with van der Waals surface area (Å²) in [7, 11) is 0. The highest BCUT2D eigenvalue weighted by atomic mass is 16.5. The first-order valence-corrected chi connectivity index (χ1v) is 6.30. The van der Waals surface area contributed by atoms with Gasteiger partial charge in [-0.1, -0.05) is 0 Å². The quantitative estimate of drug-likeness (QED) is 0.746. The van der Waals surface area contributed by atoms with E-state index in [4.69, 9.17) is 5.11 Å². The molecule has 8 nitrogen and oxygen atoms in total. The molecular weight excluding hydrogens is 278 g/mol. The minimum atomic E-state index is -1.18. The zero-order valence-corrected chi connectivity index (χ0v) is 11.6. The first-order chi connectivity index (χ1) is 10.0. The Bertz CT molecular complexity index is 492. The molecule has 1 aromatic rings. The number of aliphatic carboxylic acids is 1. The lowest BCUT2D eigenvalue weighted by molar-refractivity contribution is -0.143. The normalized spacial score (nSPS) is 9.95. The van der Waals surface area contributed by atoms with Crippen molar-refractivity contribution in [1.29, 1.82) is 0 Å². The average Bonchev–Trinajstić information content (AvgIpc) is 2.45. The number of carboxylic acids is 1. The van der Waals surface area contributed by atoms with E-state index in [2.05, 4.69) is 15.0 Å². The van der Waals surface area contributed by atoms with E-state index >= 15 is 0 Å². The lowest BCUT2D eigenvalue weighted by Gasteiger charge is -2.20. The summed E-state index contributed by atoms with van der Waals surface area (Å²) in [6.45, 7) is 1.47. The topological polar surface area (TPSA) is 109 Å². The number of nitrogens with zero attached hydrogens (tertiary/aromatic N) is 2. The Morgan fingerprint density at radius 2 is 1.95 bits per heavy atom. The van der Waals surface area contributed by atoms with Crippen molar-refractivity contribution in [3.63, 3.8) is 0 Å². The molecule has 0 saturated heterocycles. The Kier molecular flexibility index (Phi) is 6.82. The molecule has 0 aromatic carbocycles. The van der Waals surface area contributed by atoms with Crippen molar-refractivity contribution in [3.8, 4) is 0 Å². The van der Waals surface area contributed by atoms with E-state index in [1.807, 2.05) is 0 Å². The minimum absolute atomic E-state index is 0.341. The molecule has 1 aromatic heterocycles. The zero-order chi connectivity index (χ0) is 15.7. The summed E-state index contributed by atoms with van der Waals surface area (Å²) >= 11 is 0. The molecule has 0 aliphatic rings. The molecule has 8 heteroatoms. The second kappa shape index (κ2) is 8.64. The lowest BCUT2D eigenvalue weighted by atomic mass is 10.2. The fourth-order valence-corrected chi connectivity index (χ4v) is 1.50. The maximum atomic E-state index is 11.9. The van der Waals surface area contributed by atoms with E-state index in [0.717, 1.165) is 5.56 Å². The van der Waals surface area contributed by atoms with Crippen LogP contribution >= 0.6 is 0 Å². The fourth-order valence-electron chi connectivity index (χ4n) is 1.50. The van der Waals surface area contributed by atoms with Crippen LogP contribution in [0.1, 0.15) is 12.5 Å². The second-order valence-corrected chi connectivity index (χ2v) is 4.11. The van der Waals surface area contributed by atoms with Gasteiger partial charge in [0.1, 0.15) is 13.2 Å². The number of urea groups is 1. The third kappa shape index (κ3) is 6.48. The number of rotatable bonds is 7. The summed E-state index contributed by atoms with van der Waals surface area (Å²) in [4.78, 5) is 38.9. The third-order valence-corrected chi connectivity index (χ3v) is 2.50. The van der Waals surface area contributed by atoms with Crippen LogP contribution in [-0.4, -0.2) is 52.7 Å². The molecule has 3 amide bonds. The largest absolute Gasteiger partial charge is 0.480 e. The number of nitrogens with one attached hydrogen (secondary N) is 1. The number of carboxylic acid groups (broad SMARTS) is 1. The first kappa shape index (κ1) is 16.6. The molecule has 0 bridgehead atoms. The third-order valence-electron chi connectivity index (χ3n) is 2.50. The average molecular weight is 295 g/mol. The van der Waals surface area contributed by atoms with Gasteiger partial charge in [-0.3, -0.25) is 15.1 Å². The van der Waals surface area contributed by atoms with Crippen LogP contribution in [0.25, 0.3) is 0 Å². The first-order valence-electron chi connectivity index (χ1n) is 6.30. The molecule has 1 heterocycles. The molecule has 0 unspecified atom stereocenters. The fraction of sp³-hybridized carbons (Fsp3) is 0.385. The van der Waals surface area contributed by atoms with Gasteiger partial charge >= 0.3 is 12.0 Å². The number of imide groups is 1. The van der Waals surface area contributed by atoms with Crippen LogP contribution in [0, 0.1) is 0 Å². The number of pyridine rings is 1. The summed E-state index contributed by atoms with van der Waals surface area (Å²) in [6.07, 6.45) is 3.23. The van der Waals surface area contributed by atoms with Crippen LogP contribution in [0.3, 0.4) is 0 Å². The van der Waals surface area contributed by atoms with Gasteiger partial charge in [-0.2, -0.15) is 0 Å². The van der Waals surface area contributed by atoms with Crippen molar-refractivity contribution in [2.45, 2.75) is 13.5 Å². The van der Waals surface area contributed by atoms with Gasteiger partial charge < -0.3 is 14.7 Å². The molecule has 0 aliphatic heterocycles. The van der Waals surface area contributed by atoms with Crippen molar-refractivity contribution >= 4 is 17.9 Å². The number of hydrogen-bond donors (Lipinski definition) is 2. The smallest absolute Gasteiger partial charge is 0.329 e. The van der Waals surface area contributed by atoms with Crippen LogP contribution in [0.4, 0.5) is 4.79 Å². The highest BCUT2D eigenvalue weighted by Gasteiger charge is 2.15. The van der Waals surface area contributed by atoms with Crippen LogP contribution in [0.5, 0.6) is 0 Å². The van der Waals surface area contributed by atoms with Gasteiger partial charge in [0.25, 0.3) is 5.91 Å². The predicted octanol–water partition coefficient (Wildman–Crippen LogP) is 0.241. The highest BCUT2D eigenvalue weighted by Crippen LogP contribution is 2.03. The Hall–Kier alpha value is -2.48. The van der Waals surface area contributed by atoms with Gasteiger partial charge in [0.2, 0.25) is 0 Å². The van der Waals surface area contributed by atoms with Gasteiger partial charge in [-0.05, 0) is 24.6 Å². The molecule has 0 saturated carbocycles. The van der Waals surface area contributed by atoms with Crippen molar-refractivity contribution in [2.24, 2.45) is 0 Å². The molecule has 0 spiro atoms. The Labute approximate surface area is 121 Å². The highest BCUT2D eigenvalue weighted by molar-refractivity contribution is 5.95. The zero-order valence-electron chi connectivity index (χ0n) is 11.6. The van der Waals surface area contributed by atoms with E-state index in [-0.39, 0.29) is 0 Å². The number of amides is 3. The lowest BCUT2D eigenvalue weighted by Crippen LogP contribution is -2.43. The van der Waals surface area contributed by atoms with E-state index in [0.29, 0.717) is 13.1 Å². The number of hydrogen-bond acceptors (Lipinski definition) is 5. The van der Waals surface area contributed by atoms with Crippen molar-refractivity contribution in [1.82, 2.24) is 15.2 Å². The molecule has 1 rings (SSSR count).